The number of aryl methyl sites for hydroxylation is 1. The average molecular weight is 265 g/mol. The minimum Gasteiger partial charge on any atom is -0.493 e. The Balaban J connectivity index is 2.42. The number of benzene rings is 1. The predicted molar refractivity (Wildman–Crippen MR) is 70.7 cm³/mol. The maximum Gasteiger partial charge on any atom is 0.196 e. The highest BCUT2D eigenvalue weighted by Gasteiger charge is 2.19. The molecular formula is C14H13ClO3. The molecule has 3 nitrogen and oxygen atoms in total. The molecule has 1 aliphatic carbocycles. The Morgan fingerprint density at radius 1 is 1.28 bits per heavy atom. The molecule has 1 aromatic heterocycles. The first-order valence-corrected chi connectivity index (χ1v) is 6.40. The largest absolute Gasteiger partial charge is 0.493 e. The maximum atomic E-state index is 12.4. The highest BCUT2D eigenvalue weighted by atomic mass is 35.5. The zero-order chi connectivity index (χ0) is 12.7. The lowest BCUT2D eigenvalue weighted by molar-refractivity contribution is 0.402. The third-order valence-corrected chi connectivity index (χ3v) is 3.62. The standard InChI is InChI=1S/C14H13ClO3/c1-17-12-7-8(15)6-10-13(16)9-4-2-3-5-11(9)18-14(10)12/h6-7H,2-5H2,1H3. The van der Waals surface area contributed by atoms with E-state index in [2.05, 4.69) is 0 Å². The summed E-state index contributed by atoms with van der Waals surface area (Å²) in [4.78, 5) is 12.4. The van der Waals surface area contributed by atoms with Crippen LogP contribution < -0.4 is 10.2 Å². The molecule has 0 amide bonds. The van der Waals surface area contributed by atoms with Crippen LogP contribution in [0.5, 0.6) is 5.75 Å². The minimum atomic E-state index is 0.0340. The van der Waals surface area contributed by atoms with Crippen molar-refractivity contribution >= 4 is 22.6 Å². The first-order valence-electron chi connectivity index (χ1n) is 6.03. The molecule has 0 spiro atoms. The Kier molecular flexibility index (Phi) is 2.78. The second kappa shape index (κ2) is 4.32. The van der Waals surface area contributed by atoms with Crippen LogP contribution in [0.1, 0.15) is 24.2 Å². The van der Waals surface area contributed by atoms with Crippen LogP contribution in [-0.2, 0) is 12.8 Å². The van der Waals surface area contributed by atoms with Crippen LogP contribution >= 0.6 is 11.6 Å². The lowest BCUT2D eigenvalue weighted by atomic mass is 9.95. The van der Waals surface area contributed by atoms with Crippen LogP contribution in [0.25, 0.3) is 11.0 Å². The average Bonchev–Trinajstić information content (AvgIpc) is 2.39. The van der Waals surface area contributed by atoms with Gasteiger partial charge < -0.3 is 9.15 Å². The van der Waals surface area contributed by atoms with E-state index >= 15 is 0 Å². The van der Waals surface area contributed by atoms with Gasteiger partial charge in [-0.2, -0.15) is 0 Å². The van der Waals surface area contributed by atoms with Gasteiger partial charge >= 0.3 is 0 Å². The molecule has 1 aromatic carbocycles. The molecule has 0 bridgehead atoms. The summed E-state index contributed by atoms with van der Waals surface area (Å²) in [7, 11) is 1.55. The molecule has 1 aliphatic rings. The van der Waals surface area contributed by atoms with Gasteiger partial charge in [0.05, 0.1) is 12.5 Å². The summed E-state index contributed by atoms with van der Waals surface area (Å²) in [6.45, 7) is 0. The topological polar surface area (TPSA) is 39.4 Å². The number of rotatable bonds is 1. The minimum absolute atomic E-state index is 0.0340. The van der Waals surface area contributed by atoms with Gasteiger partial charge in [0.1, 0.15) is 5.76 Å². The Morgan fingerprint density at radius 3 is 2.83 bits per heavy atom. The van der Waals surface area contributed by atoms with Crippen LogP contribution in [0.2, 0.25) is 5.02 Å². The van der Waals surface area contributed by atoms with Crippen LogP contribution in [0.3, 0.4) is 0 Å². The summed E-state index contributed by atoms with van der Waals surface area (Å²) in [6, 6.07) is 3.32. The van der Waals surface area contributed by atoms with Crippen LogP contribution in [-0.4, -0.2) is 7.11 Å². The second-order valence-corrected chi connectivity index (χ2v) is 4.96. The van der Waals surface area contributed by atoms with Gasteiger partial charge in [0.25, 0.3) is 0 Å². The summed E-state index contributed by atoms with van der Waals surface area (Å²) < 4.78 is 11.1. The lowest BCUT2D eigenvalue weighted by Gasteiger charge is -2.15. The van der Waals surface area contributed by atoms with E-state index < -0.39 is 0 Å². The van der Waals surface area contributed by atoms with E-state index in [1.54, 1.807) is 19.2 Å². The van der Waals surface area contributed by atoms with Gasteiger partial charge in [0.15, 0.2) is 16.8 Å². The molecule has 0 radical (unpaired) electrons. The van der Waals surface area contributed by atoms with E-state index in [0.717, 1.165) is 37.0 Å². The van der Waals surface area contributed by atoms with Gasteiger partial charge in [-0.3, -0.25) is 4.79 Å². The predicted octanol–water partition coefficient (Wildman–Crippen LogP) is 3.33. The van der Waals surface area contributed by atoms with E-state index in [-0.39, 0.29) is 5.43 Å². The smallest absolute Gasteiger partial charge is 0.196 e. The number of hydrogen-bond acceptors (Lipinski definition) is 3. The molecule has 0 saturated heterocycles. The summed E-state index contributed by atoms with van der Waals surface area (Å²) in [5, 5.41) is 1.00. The number of halogens is 1. The molecule has 3 rings (SSSR count). The van der Waals surface area contributed by atoms with Crippen molar-refractivity contribution in [2.24, 2.45) is 0 Å². The van der Waals surface area contributed by atoms with Gasteiger partial charge in [-0.05, 0) is 25.3 Å². The quantitative estimate of drug-likeness (QED) is 0.793. The number of hydrogen-bond donors (Lipinski definition) is 0. The zero-order valence-corrected chi connectivity index (χ0v) is 10.8. The summed E-state index contributed by atoms with van der Waals surface area (Å²) in [5.74, 6) is 1.32. The summed E-state index contributed by atoms with van der Waals surface area (Å²) in [6.07, 6.45) is 3.73. The van der Waals surface area contributed by atoms with Gasteiger partial charge in [0, 0.05) is 23.1 Å². The number of ether oxygens (including phenoxy) is 1. The molecule has 2 aromatic rings. The fraction of sp³-hybridized carbons (Fsp3) is 0.357. The SMILES string of the molecule is COc1cc(Cl)cc2c(=O)c3c(oc12)CCCC3. The van der Waals surface area contributed by atoms with E-state index in [1.807, 2.05) is 0 Å². The Labute approximate surface area is 109 Å². The van der Waals surface area contributed by atoms with Gasteiger partial charge in [-0.1, -0.05) is 11.6 Å². The molecule has 0 N–H and O–H groups in total. The van der Waals surface area contributed by atoms with Crippen molar-refractivity contribution in [3.05, 3.63) is 38.7 Å². The molecule has 0 saturated carbocycles. The van der Waals surface area contributed by atoms with Crippen molar-refractivity contribution in [2.75, 3.05) is 7.11 Å². The van der Waals surface area contributed by atoms with E-state index in [1.165, 1.54) is 0 Å². The van der Waals surface area contributed by atoms with E-state index in [9.17, 15) is 4.79 Å². The van der Waals surface area contributed by atoms with E-state index in [4.69, 9.17) is 20.8 Å². The van der Waals surface area contributed by atoms with Crippen LogP contribution in [0.4, 0.5) is 0 Å². The Morgan fingerprint density at radius 2 is 2.06 bits per heavy atom. The third kappa shape index (κ3) is 1.70. The molecule has 1 heterocycles. The Bertz CT molecular complexity index is 673. The first-order chi connectivity index (χ1) is 8.70. The monoisotopic (exact) mass is 264 g/mol. The Hall–Kier alpha value is -1.48. The zero-order valence-electron chi connectivity index (χ0n) is 10.1. The molecular weight excluding hydrogens is 252 g/mol. The molecule has 0 unspecified atom stereocenters. The second-order valence-electron chi connectivity index (χ2n) is 4.52. The first kappa shape index (κ1) is 11.6. The molecule has 4 heteroatoms. The molecule has 18 heavy (non-hydrogen) atoms. The van der Waals surface area contributed by atoms with Gasteiger partial charge in [-0.15, -0.1) is 0 Å². The van der Waals surface area contributed by atoms with Gasteiger partial charge in [-0.25, -0.2) is 0 Å². The molecule has 0 aliphatic heterocycles. The molecule has 0 fully saturated rings. The van der Waals surface area contributed by atoms with Crippen molar-refractivity contribution in [3.63, 3.8) is 0 Å². The van der Waals surface area contributed by atoms with Crippen LogP contribution in [0.15, 0.2) is 21.3 Å². The van der Waals surface area contributed by atoms with Crippen molar-refractivity contribution < 1.29 is 9.15 Å². The third-order valence-electron chi connectivity index (χ3n) is 3.40. The highest BCUT2D eigenvalue weighted by molar-refractivity contribution is 6.31. The molecule has 0 atom stereocenters. The van der Waals surface area contributed by atoms with Crippen molar-refractivity contribution in [1.82, 2.24) is 0 Å². The van der Waals surface area contributed by atoms with E-state index in [0.29, 0.717) is 21.7 Å². The van der Waals surface area contributed by atoms with Gasteiger partial charge in [0.2, 0.25) is 0 Å². The number of fused-ring (bicyclic) bond motifs is 2. The van der Waals surface area contributed by atoms with Crippen LogP contribution in [0, 0.1) is 0 Å². The fourth-order valence-corrected chi connectivity index (χ4v) is 2.72. The lowest BCUT2D eigenvalue weighted by Crippen LogP contribution is -2.16. The van der Waals surface area contributed by atoms with Crippen molar-refractivity contribution in [1.29, 1.82) is 0 Å². The molecule has 94 valence electrons. The normalized spacial score (nSPS) is 14.6. The highest BCUT2D eigenvalue weighted by Crippen LogP contribution is 2.31. The number of methoxy groups -OCH3 is 1. The summed E-state index contributed by atoms with van der Waals surface area (Å²) >= 11 is 6.00. The maximum absolute atomic E-state index is 12.4. The van der Waals surface area contributed by atoms with Crippen molar-refractivity contribution in [3.8, 4) is 5.75 Å². The fourth-order valence-electron chi connectivity index (χ4n) is 2.51. The summed E-state index contributed by atoms with van der Waals surface area (Å²) in [5.41, 5.74) is 1.34. The van der Waals surface area contributed by atoms with Crippen molar-refractivity contribution in [2.45, 2.75) is 25.7 Å².